The van der Waals surface area contributed by atoms with Crippen LogP contribution in [-0.2, 0) is 6.54 Å². The van der Waals surface area contributed by atoms with E-state index in [9.17, 15) is 4.79 Å². The van der Waals surface area contributed by atoms with E-state index in [0.29, 0.717) is 29.9 Å². The van der Waals surface area contributed by atoms with Crippen molar-refractivity contribution < 1.29 is 4.79 Å². The minimum atomic E-state index is -0.265. The first-order valence-corrected chi connectivity index (χ1v) is 10.8. The number of nitrogens with one attached hydrogen (secondary N) is 1. The van der Waals surface area contributed by atoms with Crippen LogP contribution >= 0.6 is 11.6 Å². The van der Waals surface area contributed by atoms with Gasteiger partial charge in [0.15, 0.2) is 0 Å². The molecule has 3 aromatic rings. The highest BCUT2D eigenvalue weighted by atomic mass is 35.5. The van der Waals surface area contributed by atoms with E-state index in [0.717, 1.165) is 28.1 Å². The van der Waals surface area contributed by atoms with Crippen LogP contribution in [0.15, 0.2) is 60.0 Å². The van der Waals surface area contributed by atoms with Gasteiger partial charge < -0.3 is 21.7 Å². The predicted molar refractivity (Wildman–Crippen MR) is 130 cm³/mol. The van der Waals surface area contributed by atoms with Crippen molar-refractivity contribution in [1.82, 2.24) is 19.4 Å². The summed E-state index contributed by atoms with van der Waals surface area (Å²) in [7, 11) is 1.64. The van der Waals surface area contributed by atoms with Crippen LogP contribution in [0.2, 0.25) is 5.02 Å². The van der Waals surface area contributed by atoms with Crippen molar-refractivity contribution in [1.29, 1.82) is 0 Å². The van der Waals surface area contributed by atoms with Crippen LogP contribution in [0.3, 0.4) is 0 Å². The van der Waals surface area contributed by atoms with Crippen molar-refractivity contribution in [3.63, 3.8) is 0 Å². The number of aryl methyl sites for hydroxylation is 1. The molecule has 170 valence electrons. The van der Waals surface area contributed by atoms with Gasteiger partial charge in [-0.2, -0.15) is 0 Å². The molecular weight excluding hydrogens is 440 g/mol. The topological polar surface area (TPSA) is 127 Å². The Balaban J connectivity index is 1.61. The smallest absolute Gasteiger partial charge is 0.329 e. The Hall–Kier alpha value is -3.69. The normalized spacial score (nSPS) is 14.7. The molecule has 1 aliphatic heterocycles. The first-order valence-electron chi connectivity index (χ1n) is 10.4. The molecule has 9 nitrogen and oxygen atoms in total. The van der Waals surface area contributed by atoms with Gasteiger partial charge in [-0.15, -0.1) is 0 Å². The fourth-order valence-corrected chi connectivity index (χ4v) is 4.09. The molecule has 1 aliphatic rings. The second kappa shape index (κ2) is 9.43. The van der Waals surface area contributed by atoms with Gasteiger partial charge in [-0.1, -0.05) is 23.7 Å². The molecular formula is C23H25ClN8O. The number of amidine groups is 1. The van der Waals surface area contributed by atoms with Crippen LogP contribution in [0, 0.1) is 6.92 Å². The molecule has 4 rings (SSSR count). The molecule has 33 heavy (non-hydrogen) atoms. The maximum absolute atomic E-state index is 13.2. The quantitative estimate of drug-likeness (QED) is 0.379. The zero-order chi connectivity index (χ0) is 23.5. The van der Waals surface area contributed by atoms with Crippen LogP contribution < -0.4 is 16.8 Å². The first-order chi connectivity index (χ1) is 15.9. The summed E-state index contributed by atoms with van der Waals surface area (Å²) in [5, 5.41) is 3.64. The Kier molecular flexibility index (Phi) is 6.43. The number of nitrogens with zero attached hydrogens (tertiary/aromatic N) is 5. The minimum Gasteiger partial charge on any atom is -0.404 e. The highest BCUT2D eigenvalue weighted by molar-refractivity contribution is 6.30. The second-order valence-corrected chi connectivity index (χ2v) is 8.06. The lowest BCUT2D eigenvalue weighted by Crippen LogP contribution is -2.35. The Morgan fingerprint density at radius 2 is 2.21 bits per heavy atom. The fraction of sp³-hybridized carbons (Fsp3) is 0.217. The molecule has 1 amide bonds. The summed E-state index contributed by atoms with van der Waals surface area (Å²) in [4.78, 5) is 28.0. The van der Waals surface area contributed by atoms with Crippen molar-refractivity contribution in [2.45, 2.75) is 19.5 Å². The molecule has 1 unspecified atom stereocenters. The van der Waals surface area contributed by atoms with Crippen LogP contribution in [0.4, 0.5) is 10.7 Å². The summed E-state index contributed by atoms with van der Waals surface area (Å²) >= 11 is 6.15. The van der Waals surface area contributed by atoms with Crippen LogP contribution in [0.5, 0.6) is 0 Å². The number of halogens is 1. The first kappa shape index (κ1) is 22.5. The van der Waals surface area contributed by atoms with E-state index in [1.807, 2.05) is 31.2 Å². The van der Waals surface area contributed by atoms with E-state index in [1.54, 1.807) is 41.1 Å². The molecule has 10 heteroatoms. The lowest BCUT2D eigenvalue weighted by Gasteiger charge is -2.26. The maximum Gasteiger partial charge on any atom is 0.329 e. The monoisotopic (exact) mass is 464 g/mol. The standard InChI is InChI=1S/C23H25ClN8O/c1-14-11-28-22(29-20(27-2)6-7-25)30-21(14)16-9-18-13-32(23(33)31(18)12-16)19(10-26)15-4-3-5-17(24)8-15/h3-9,11-12,19H,10,13,25-26H2,1-2H3,(H,27,28,29,30). The lowest BCUT2D eigenvalue weighted by molar-refractivity contribution is 0.188. The third kappa shape index (κ3) is 4.46. The van der Waals surface area contributed by atoms with Gasteiger partial charge in [-0.05, 0) is 48.5 Å². The average molecular weight is 465 g/mol. The molecule has 1 atom stereocenters. The molecule has 0 saturated carbocycles. The summed E-state index contributed by atoms with van der Waals surface area (Å²) < 4.78 is 1.65. The van der Waals surface area contributed by atoms with Gasteiger partial charge in [-0.3, -0.25) is 9.56 Å². The minimum absolute atomic E-state index is 0.134. The van der Waals surface area contributed by atoms with Crippen molar-refractivity contribution in [2.75, 3.05) is 18.9 Å². The summed E-state index contributed by atoms with van der Waals surface area (Å²) in [5.41, 5.74) is 15.7. The van der Waals surface area contributed by atoms with Gasteiger partial charge in [0.1, 0.15) is 5.84 Å². The fourth-order valence-electron chi connectivity index (χ4n) is 3.89. The summed E-state index contributed by atoms with van der Waals surface area (Å²) in [6.07, 6.45) is 6.54. The Morgan fingerprint density at radius 3 is 2.88 bits per heavy atom. The highest BCUT2D eigenvalue weighted by Gasteiger charge is 2.33. The summed E-state index contributed by atoms with van der Waals surface area (Å²) in [6.45, 7) is 2.66. The highest BCUT2D eigenvalue weighted by Crippen LogP contribution is 2.33. The molecule has 0 aliphatic carbocycles. The van der Waals surface area contributed by atoms with Crippen molar-refractivity contribution in [3.05, 3.63) is 76.8 Å². The molecule has 0 saturated heterocycles. The average Bonchev–Trinajstić information content (AvgIpc) is 3.35. The number of aliphatic imine (C=N–C) groups is 1. The largest absolute Gasteiger partial charge is 0.404 e. The van der Waals surface area contributed by atoms with Gasteiger partial charge >= 0.3 is 6.03 Å². The molecule has 0 bridgehead atoms. The van der Waals surface area contributed by atoms with E-state index >= 15 is 0 Å². The zero-order valence-corrected chi connectivity index (χ0v) is 19.1. The zero-order valence-electron chi connectivity index (χ0n) is 18.4. The lowest BCUT2D eigenvalue weighted by atomic mass is 10.1. The predicted octanol–water partition coefficient (Wildman–Crippen LogP) is 3.30. The van der Waals surface area contributed by atoms with Crippen molar-refractivity contribution in [2.24, 2.45) is 16.5 Å². The molecule has 0 radical (unpaired) electrons. The third-order valence-corrected chi connectivity index (χ3v) is 5.73. The number of carbonyl (C=O) groups is 1. The number of amides is 1. The SMILES string of the molecule is CN=C(C=CN)Nc1ncc(C)c(-c2cc3n(c2)C(=O)N(C(CN)c2cccc(Cl)c2)C3)n1. The molecule has 0 fully saturated rings. The Bertz CT molecular complexity index is 1250. The third-order valence-electron chi connectivity index (χ3n) is 5.50. The molecule has 5 N–H and O–H groups in total. The number of nitrogens with two attached hydrogens (primary N) is 2. The maximum atomic E-state index is 13.2. The van der Waals surface area contributed by atoms with Crippen LogP contribution in [0.25, 0.3) is 11.3 Å². The molecule has 1 aromatic carbocycles. The summed E-state index contributed by atoms with van der Waals surface area (Å²) in [5.74, 6) is 0.920. The number of rotatable bonds is 6. The Labute approximate surface area is 196 Å². The number of anilines is 1. The van der Waals surface area contributed by atoms with Gasteiger partial charge in [0.25, 0.3) is 0 Å². The summed E-state index contributed by atoms with van der Waals surface area (Å²) in [6, 6.07) is 9.01. The Morgan fingerprint density at radius 1 is 1.39 bits per heavy atom. The van der Waals surface area contributed by atoms with E-state index in [2.05, 4.69) is 20.3 Å². The number of hydrogen-bond acceptors (Lipinski definition) is 6. The van der Waals surface area contributed by atoms with Gasteiger partial charge in [0.2, 0.25) is 5.95 Å². The van der Waals surface area contributed by atoms with Gasteiger partial charge in [-0.25, -0.2) is 14.8 Å². The van der Waals surface area contributed by atoms with E-state index in [4.69, 9.17) is 23.1 Å². The number of carbonyl (C=O) groups excluding carboxylic acids is 1. The molecule has 0 spiro atoms. The molecule has 2 aromatic heterocycles. The van der Waals surface area contributed by atoms with Crippen molar-refractivity contribution in [3.8, 4) is 11.3 Å². The number of fused-ring (bicyclic) bond motifs is 1. The molecule has 3 heterocycles. The number of benzene rings is 1. The van der Waals surface area contributed by atoms with Crippen LogP contribution in [-0.4, -0.2) is 44.9 Å². The van der Waals surface area contributed by atoms with E-state index in [-0.39, 0.29) is 12.1 Å². The van der Waals surface area contributed by atoms with E-state index < -0.39 is 0 Å². The van der Waals surface area contributed by atoms with Crippen molar-refractivity contribution >= 4 is 29.4 Å². The second-order valence-electron chi connectivity index (χ2n) is 7.63. The number of aromatic nitrogens is 3. The van der Waals surface area contributed by atoms with Crippen LogP contribution in [0.1, 0.15) is 22.9 Å². The van der Waals surface area contributed by atoms with Gasteiger partial charge in [0.05, 0.1) is 18.3 Å². The number of hydrogen-bond donors (Lipinski definition) is 3. The van der Waals surface area contributed by atoms with Gasteiger partial charge in [0, 0.05) is 42.3 Å². The van der Waals surface area contributed by atoms with E-state index in [1.165, 1.54) is 6.20 Å².